The molecule has 7 nitrogen and oxygen atoms in total. The molecule has 0 saturated carbocycles. The fourth-order valence-electron chi connectivity index (χ4n) is 2.10. The number of carbonyl (C=O) groups is 1. The Balaban J connectivity index is 1.96. The molecule has 26 heavy (non-hydrogen) atoms. The van der Waals surface area contributed by atoms with Crippen molar-refractivity contribution in [3.05, 3.63) is 63.7 Å². The minimum absolute atomic E-state index is 0.0414. The molecule has 2 aromatic carbocycles. The van der Waals surface area contributed by atoms with Crippen LogP contribution in [0.3, 0.4) is 0 Å². The summed E-state index contributed by atoms with van der Waals surface area (Å²) in [4.78, 5) is 21.8. The zero-order valence-electron chi connectivity index (χ0n) is 13.7. The van der Waals surface area contributed by atoms with Crippen LogP contribution < -0.4 is 10.1 Å². The lowest BCUT2D eigenvalue weighted by Gasteiger charge is -2.14. The van der Waals surface area contributed by atoms with E-state index in [2.05, 4.69) is 5.32 Å². The lowest BCUT2D eigenvalue weighted by Crippen LogP contribution is -2.26. The first kappa shape index (κ1) is 19.3. The number of nitro benzene ring substituents is 1. The standard InChI is InChI=1S/C17H16F2N2O5/c1-10(22)11-2-5-16(17(6-11)21(24)25)20-8-12(23)9-26-13-3-4-14(18)15(19)7-13/h2-7,12,20,23H,8-9H2,1H3. The number of Topliss-reactive ketones (excluding diaryl/α,β-unsaturated/α-hetero) is 1. The van der Waals surface area contributed by atoms with Gasteiger partial charge in [-0.3, -0.25) is 14.9 Å². The third-order valence-electron chi connectivity index (χ3n) is 3.46. The van der Waals surface area contributed by atoms with E-state index in [9.17, 15) is 28.8 Å². The molecule has 2 aromatic rings. The maximum absolute atomic E-state index is 13.1. The van der Waals surface area contributed by atoms with Gasteiger partial charge in [-0.25, -0.2) is 8.78 Å². The molecule has 0 aliphatic heterocycles. The van der Waals surface area contributed by atoms with Crippen molar-refractivity contribution in [2.75, 3.05) is 18.5 Å². The van der Waals surface area contributed by atoms with Crippen molar-refractivity contribution in [3.63, 3.8) is 0 Å². The zero-order valence-corrected chi connectivity index (χ0v) is 13.7. The summed E-state index contributed by atoms with van der Waals surface area (Å²) in [6.07, 6.45) is -1.07. The molecule has 2 rings (SSSR count). The number of hydrogen-bond donors (Lipinski definition) is 2. The Morgan fingerprint density at radius 2 is 2.00 bits per heavy atom. The summed E-state index contributed by atoms with van der Waals surface area (Å²) >= 11 is 0. The fourth-order valence-corrected chi connectivity index (χ4v) is 2.10. The zero-order chi connectivity index (χ0) is 19.3. The second-order valence-electron chi connectivity index (χ2n) is 5.47. The lowest BCUT2D eigenvalue weighted by atomic mass is 10.1. The first-order chi connectivity index (χ1) is 12.3. The highest BCUT2D eigenvalue weighted by Crippen LogP contribution is 2.26. The van der Waals surface area contributed by atoms with Crippen molar-refractivity contribution in [1.29, 1.82) is 0 Å². The van der Waals surface area contributed by atoms with Crippen LogP contribution in [0.25, 0.3) is 0 Å². The molecule has 0 saturated heterocycles. The Morgan fingerprint density at radius 3 is 2.62 bits per heavy atom. The Morgan fingerprint density at radius 1 is 1.27 bits per heavy atom. The van der Waals surface area contributed by atoms with Crippen molar-refractivity contribution in [2.45, 2.75) is 13.0 Å². The van der Waals surface area contributed by atoms with E-state index in [0.717, 1.165) is 18.2 Å². The molecule has 2 N–H and O–H groups in total. The van der Waals surface area contributed by atoms with Crippen LogP contribution in [0.2, 0.25) is 0 Å². The van der Waals surface area contributed by atoms with Gasteiger partial charge in [0.1, 0.15) is 24.1 Å². The lowest BCUT2D eigenvalue weighted by molar-refractivity contribution is -0.384. The van der Waals surface area contributed by atoms with Gasteiger partial charge in [0.25, 0.3) is 5.69 Å². The van der Waals surface area contributed by atoms with Gasteiger partial charge in [-0.1, -0.05) is 0 Å². The molecular formula is C17H16F2N2O5. The second kappa shape index (κ2) is 8.34. The summed E-state index contributed by atoms with van der Waals surface area (Å²) in [5, 5.41) is 23.7. The number of ketones is 1. The Bertz CT molecular complexity index is 829. The van der Waals surface area contributed by atoms with Crippen molar-refractivity contribution in [2.24, 2.45) is 0 Å². The predicted molar refractivity (Wildman–Crippen MR) is 89.5 cm³/mol. The Kier molecular flexibility index (Phi) is 6.18. The summed E-state index contributed by atoms with van der Waals surface area (Å²) in [5.74, 6) is -2.35. The molecule has 0 amide bonds. The van der Waals surface area contributed by atoms with Gasteiger partial charge >= 0.3 is 0 Å². The summed E-state index contributed by atoms with van der Waals surface area (Å²) in [7, 11) is 0. The number of halogens is 2. The van der Waals surface area contributed by atoms with E-state index in [4.69, 9.17) is 4.74 Å². The van der Waals surface area contributed by atoms with E-state index in [-0.39, 0.29) is 41.6 Å². The van der Waals surface area contributed by atoms with E-state index in [0.29, 0.717) is 0 Å². The third-order valence-corrected chi connectivity index (χ3v) is 3.46. The normalized spacial score (nSPS) is 11.7. The third kappa shape index (κ3) is 4.96. The van der Waals surface area contributed by atoms with Gasteiger partial charge in [0.15, 0.2) is 17.4 Å². The molecule has 0 radical (unpaired) electrons. The molecule has 0 fully saturated rings. The number of aliphatic hydroxyl groups is 1. The largest absolute Gasteiger partial charge is 0.491 e. The molecule has 1 unspecified atom stereocenters. The summed E-state index contributed by atoms with van der Waals surface area (Å²) in [6, 6.07) is 6.91. The highest BCUT2D eigenvalue weighted by molar-refractivity contribution is 5.95. The fraction of sp³-hybridized carbons (Fsp3) is 0.235. The average molecular weight is 366 g/mol. The van der Waals surface area contributed by atoms with Gasteiger partial charge in [0.05, 0.1) is 4.92 Å². The molecule has 0 aliphatic carbocycles. The first-order valence-corrected chi connectivity index (χ1v) is 7.57. The monoisotopic (exact) mass is 366 g/mol. The second-order valence-corrected chi connectivity index (χ2v) is 5.47. The number of nitrogens with one attached hydrogen (secondary N) is 1. The van der Waals surface area contributed by atoms with E-state index in [1.807, 2.05) is 0 Å². The maximum Gasteiger partial charge on any atom is 0.293 e. The SMILES string of the molecule is CC(=O)c1ccc(NCC(O)COc2ccc(F)c(F)c2)c([N+](=O)[O-])c1. The molecule has 0 bridgehead atoms. The smallest absolute Gasteiger partial charge is 0.293 e. The topological polar surface area (TPSA) is 102 Å². The van der Waals surface area contributed by atoms with Crippen LogP contribution in [0.4, 0.5) is 20.2 Å². The molecule has 0 aromatic heterocycles. The van der Waals surface area contributed by atoms with Gasteiger partial charge in [-0.15, -0.1) is 0 Å². The van der Waals surface area contributed by atoms with E-state index >= 15 is 0 Å². The molecule has 9 heteroatoms. The number of benzene rings is 2. The minimum atomic E-state index is -1.07. The predicted octanol–water partition coefficient (Wildman–Crippen LogP) is 2.93. The van der Waals surface area contributed by atoms with Gasteiger partial charge < -0.3 is 15.2 Å². The number of hydrogen-bond acceptors (Lipinski definition) is 6. The van der Waals surface area contributed by atoms with Gasteiger partial charge in [0.2, 0.25) is 0 Å². The van der Waals surface area contributed by atoms with Crippen molar-refractivity contribution in [3.8, 4) is 5.75 Å². The molecular weight excluding hydrogens is 350 g/mol. The van der Waals surface area contributed by atoms with Gasteiger partial charge in [-0.2, -0.15) is 0 Å². The van der Waals surface area contributed by atoms with Crippen LogP contribution in [-0.4, -0.2) is 35.1 Å². The van der Waals surface area contributed by atoms with Crippen LogP contribution >= 0.6 is 0 Å². The van der Waals surface area contributed by atoms with Gasteiger partial charge in [0, 0.05) is 24.2 Å². The summed E-state index contributed by atoms with van der Waals surface area (Å²) in [5.41, 5.74) is 0.0303. The number of ether oxygens (including phenoxy) is 1. The van der Waals surface area contributed by atoms with Crippen LogP contribution in [0, 0.1) is 21.7 Å². The molecule has 0 aliphatic rings. The Labute approximate surface area is 147 Å². The van der Waals surface area contributed by atoms with Crippen molar-refractivity contribution in [1.82, 2.24) is 0 Å². The molecule has 0 spiro atoms. The quantitative estimate of drug-likeness (QED) is 0.423. The number of nitro groups is 1. The highest BCUT2D eigenvalue weighted by Gasteiger charge is 2.17. The van der Waals surface area contributed by atoms with E-state index in [1.165, 1.54) is 25.1 Å². The minimum Gasteiger partial charge on any atom is -0.491 e. The molecule has 138 valence electrons. The number of nitrogens with zero attached hydrogens (tertiary/aromatic N) is 1. The van der Waals surface area contributed by atoms with E-state index < -0.39 is 22.7 Å². The van der Waals surface area contributed by atoms with Crippen LogP contribution in [0.15, 0.2) is 36.4 Å². The number of carbonyl (C=O) groups excluding carboxylic acids is 1. The highest BCUT2D eigenvalue weighted by atomic mass is 19.2. The van der Waals surface area contributed by atoms with Crippen molar-refractivity contribution < 1.29 is 28.3 Å². The molecule has 1 atom stereocenters. The van der Waals surface area contributed by atoms with Crippen LogP contribution in [0.1, 0.15) is 17.3 Å². The molecule has 0 heterocycles. The summed E-state index contributed by atoms with van der Waals surface area (Å²) in [6.45, 7) is 0.965. The number of rotatable bonds is 8. The van der Waals surface area contributed by atoms with Crippen molar-refractivity contribution >= 4 is 17.2 Å². The van der Waals surface area contributed by atoms with Crippen LogP contribution in [-0.2, 0) is 0 Å². The average Bonchev–Trinajstić information content (AvgIpc) is 2.60. The summed E-state index contributed by atoms with van der Waals surface area (Å²) < 4.78 is 31.0. The van der Waals surface area contributed by atoms with E-state index in [1.54, 1.807) is 0 Å². The van der Waals surface area contributed by atoms with Crippen LogP contribution in [0.5, 0.6) is 5.75 Å². The number of anilines is 1. The Hall–Kier alpha value is -3.07. The van der Waals surface area contributed by atoms with Gasteiger partial charge in [-0.05, 0) is 31.2 Å². The first-order valence-electron chi connectivity index (χ1n) is 7.57. The number of aliphatic hydroxyl groups excluding tert-OH is 1. The maximum atomic E-state index is 13.1.